The quantitative estimate of drug-likeness (QED) is 0.234. The summed E-state index contributed by atoms with van der Waals surface area (Å²) in [6.45, 7) is 2.36. The first-order valence-corrected chi connectivity index (χ1v) is 13.5. The fourth-order valence-electron chi connectivity index (χ4n) is 5.74. The molecule has 5 N–H and O–H groups in total. The molecule has 9 heteroatoms. The summed E-state index contributed by atoms with van der Waals surface area (Å²) < 4.78 is 5.30. The highest BCUT2D eigenvalue weighted by molar-refractivity contribution is 5.94. The van der Waals surface area contributed by atoms with Crippen LogP contribution in [0.1, 0.15) is 42.6 Å². The molecule has 0 amide bonds. The third kappa shape index (κ3) is 4.55. The molecular weight excluding hydrogens is 488 g/mol. The number of H-pyrrole nitrogens is 1. The number of imidazole rings is 1. The summed E-state index contributed by atoms with van der Waals surface area (Å²) in [5.74, 6) is 2.24. The van der Waals surface area contributed by atoms with E-state index in [1.807, 2.05) is 30.7 Å². The van der Waals surface area contributed by atoms with Crippen molar-refractivity contribution in [3.63, 3.8) is 0 Å². The van der Waals surface area contributed by atoms with Crippen LogP contribution in [0.25, 0.3) is 39.0 Å². The van der Waals surface area contributed by atoms with E-state index in [1.165, 1.54) is 25.7 Å². The molecule has 0 bridgehead atoms. The maximum absolute atomic E-state index is 6.57. The molecule has 5 aromatic heterocycles. The Bertz CT molecular complexity index is 1660. The minimum atomic E-state index is 0.484. The fraction of sp³-hybridized carbons (Fsp3) is 0.267. The molecule has 196 valence electrons. The average Bonchev–Trinajstić information content (AvgIpc) is 3.75. The van der Waals surface area contributed by atoms with E-state index in [9.17, 15) is 0 Å². The van der Waals surface area contributed by atoms with Crippen LogP contribution in [0.2, 0.25) is 0 Å². The predicted molar refractivity (Wildman–Crippen MR) is 151 cm³/mol. The third-order valence-corrected chi connectivity index (χ3v) is 7.75. The van der Waals surface area contributed by atoms with Gasteiger partial charge in [0.1, 0.15) is 11.6 Å². The zero-order valence-corrected chi connectivity index (χ0v) is 21.6. The van der Waals surface area contributed by atoms with Gasteiger partial charge in [0, 0.05) is 70.4 Å². The van der Waals surface area contributed by atoms with E-state index in [2.05, 4.69) is 37.7 Å². The molecule has 39 heavy (non-hydrogen) atoms. The van der Waals surface area contributed by atoms with Crippen molar-refractivity contribution in [2.24, 2.45) is 11.7 Å². The molecule has 0 aromatic carbocycles. The van der Waals surface area contributed by atoms with Gasteiger partial charge < -0.3 is 25.8 Å². The van der Waals surface area contributed by atoms with E-state index in [-0.39, 0.29) is 0 Å². The maximum Gasteiger partial charge on any atom is 0.178 e. The van der Waals surface area contributed by atoms with Gasteiger partial charge in [0.25, 0.3) is 0 Å². The molecule has 1 aliphatic carbocycles. The monoisotopic (exact) mass is 518 g/mol. The number of aromatic amines is 1. The van der Waals surface area contributed by atoms with Crippen molar-refractivity contribution in [3.05, 3.63) is 84.2 Å². The van der Waals surface area contributed by atoms with E-state index in [0.717, 1.165) is 69.3 Å². The lowest BCUT2D eigenvalue weighted by Crippen LogP contribution is -2.21. The zero-order valence-electron chi connectivity index (χ0n) is 21.6. The van der Waals surface area contributed by atoms with Crippen LogP contribution in [0.15, 0.2) is 71.7 Å². The van der Waals surface area contributed by atoms with Crippen molar-refractivity contribution in [1.82, 2.24) is 30.2 Å². The minimum absolute atomic E-state index is 0.484. The van der Waals surface area contributed by atoms with Crippen LogP contribution in [0, 0.1) is 5.92 Å². The largest absolute Gasteiger partial charge is 0.472 e. The number of hydrogen-bond acceptors (Lipinski definition) is 8. The Morgan fingerprint density at radius 3 is 2.77 bits per heavy atom. The van der Waals surface area contributed by atoms with E-state index >= 15 is 0 Å². The number of furan rings is 1. The van der Waals surface area contributed by atoms with Gasteiger partial charge in [0.05, 0.1) is 24.6 Å². The van der Waals surface area contributed by atoms with Gasteiger partial charge in [-0.2, -0.15) is 0 Å². The molecular formula is C30H30N8O. The van der Waals surface area contributed by atoms with Crippen LogP contribution >= 0.6 is 0 Å². The SMILES string of the molecule is NC1=C(c2nc3nccc(-c4ccoc4)c3[nH]2)c2cc(-c3cncc(CNCC4CCCC4)c3)cnc2NC1. The molecule has 0 atom stereocenters. The summed E-state index contributed by atoms with van der Waals surface area (Å²) in [5.41, 5.74) is 15.5. The normalized spacial score (nSPS) is 15.6. The van der Waals surface area contributed by atoms with E-state index in [4.69, 9.17) is 20.1 Å². The number of anilines is 1. The highest BCUT2D eigenvalue weighted by Crippen LogP contribution is 2.36. The fourth-order valence-corrected chi connectivity index (χ4v) is 5.74. The van der Waals surface area contributed by atoms with E-state index in [0.29, 0.717) is 23.7 Å². The molecule has 0 saturated heterocycles. The van der Waals surface area contributed by atoms with Gasteiger partial charge in [-0.3, -0.25) is 4.98 Å². The van der Waals surface area contributed by atoms with Crippen molar-refractivity contribution >= 4 is 22.6 Å². The first-order valence-electron chi connectivity index (χ1n) is 13.5. The third-order valence-electron chi connectivity index (χ3n) is 7.75. The summed E-state index contributed by atoms with van der Waals surface area (Å²) in [7, 11) is 0. The Morgan fingerprint density at radius 2 is 1.90 bits per heavy atom. The average molecular weight is 519 g/mol. The molecule has 1 fully saturated rings. The van der Waals surface area contributed by atoms with Crippen LogP contribution in [0.4, 0.5) is 5.82 Å². The van der Waals surface area contributed by atoms with Gasteiger partial charge in [-0.1, -0.05) is 12.8 Å². The summed E-state index contributed by atoms with van der Waals surface area (Å²) >= 11 is 0. The topological polar surface area (TPSA) is 131 Å². The number of nitrogens with zero attached hydrogens (tertiary/aromatic N) is 4. The van der Waals surface area contributed by atoms with E-state index in [1.54, 1.807) is 18.7 Å². The Labute approximate surface area is 226 Å². The lowest BCUT2D eigenvalue weighted by Gasteiger charge is -2.21. The van der Waals surface area contributed by atoms with Crippen molar-refractivity contribution < 1.29 is 4.42 Å². The molecule has 9 nitrogen and oxygen atoms in total. The van der Waals surface area contributed by atoms with Crippen molar-refractivity contribution in [2.45, 2.75) is 32.2 Å². The number of hydrogen-bond donors (Lipinski definition) is 4. The number of nitrogens with two attached hydrogens (primary N) is 1. The van der Waals surface area contributed by atoms with Crippen molar-refractivity contribution in [3.8, 4) is 22.3 Å². The first-order chi connectivity index (χ1) is 19.2. The second-order valence-electron chi connectivity index (χ2n) is 10.4. The second kappa shape index (κ2) is 9.99. The lowest BCUT2D eigenvalue weighted by atomic mass is 9.97. The zero-order chi connectivity index (χ0) is 26.2. The first kappa shape index (κ1) is 23.6. The molecule has 1 aliphatic heterocycles. The molecule has 2 aliphatic rings. The maximum atomic E-state index is 6.57. The number of rotatable bonds is 7. The Hall–Kier alpha value is -4.50. The van der Waals surface area contributed by atoms with Crippen LogP contribution < -0.4 is 16.4 Å². The molecule has 0 radical (unpaired) electrons. The Morgan fingerprint density at radius 1 is 1.00 bits per heavy atom. The number of nitrogens with one attached hydrogen (secondary N) is 3. The smallest absolute Gasteiger partial charge is 0.178 e. The van der Waals surface area contributed by atoms with Crippen LogP contribution in [-0.4, -0.2) is 38.0 Å². The number of aromatic nitrogens is 5. The minimum Gasteiger partial charge on any atom is -0.472 e. The van der Waals surface area contributed by atoms with Gasteiger partial charge in [-0.25, -0.2) is 15.0 Å². The molecule has 1 saturated carbocycles. The van der Waals surface area contributed by atoms with Crippen LogP contribution in [0.3, 0.4) is 0 Å². The summed E-state index contributed by atoms with van der Waals surface area (Å²) in [4.78, 5) is 22.1. The molecule has 5 aromatic rings. The molecule has 0 spiro atoms. The van der Waals surface area contributed by atoms with Gasteiger partial charge in [-0.05, 0) is 55.1 Å². The van der Waals surface area contributed by atoms with Crippen LogP contribution in [0.5, 0.6) is 0 Å². The lowest BCUT2D eigenvalue weighted by molar-refractivity contribution is 0.489. The van der Waals surface area contributed by atoms with Crippen molar-refractivity contribution in [2.75, 3.05) is 18.4 Å². The Kier molecular flexibility index (Phi) is 6.05. The predicted octanol–water partition coefficient (Wildman–Crippen LogP) is 5.10. The number of pyridine rings is 3. The highest BCUT2D eigenvalue weighted by atomic mass is 16.3. The van der Waals surface area contributed by atoms with Gasteiger partial charge in [0.15, 0.2) is 5.65 Å². The summed E-state index contributed by atoms with van der Waals surface area (Å²) in [6, 6.07) is 8.17. The van der Waals surface area contributed by atoms with Gasteiger partial charge in [-0.15, -0.1) is 0 Å². The van der Waals surface area contributed by atoms with E-state index < -0.39 is 0 Å². The Balaban J connectivity index is 1.21. The van der Waals surface area contributed by atoms with Gasteiger partial charge in [0.2, 0.25) is 0 Å². The summed E-state index contributed by atoms with van der Waals surface area (Å²) in [6.07, 6.45) is 16.2. The van der Waals surface area contributed by atoms with Gasteiger partial charge >= 0.3 is 0 Å². The molecule has 0 unspecified atom stereocenters. The summed E-state index contributed by atoms with van der Waals surface area (Å²) in [5, 5.41) is 6.96. The standard InChI is InChI=1S/C30H30N8O/c31-25-16-36-28-24(26(25)29-37-27-23(20-6-8-39-17-20)5-7-34-30(27)38-29)10-22(15-35-28)21-9-19(13-33-14-21)12-32-11-18-3-1-2-4-18/h5-10,13-15,17-18,32H,1-4,11-12,16,31H2,(H,35,36)(H,34,37,38). The van der Waals surface area contributed by atoms with Crippen LogP contribution in [-0.2, 0) is 6.54 Å². The van der Waals surface area contributed by atoms with Crippen molar-refractivity contribution in [1.29, 1.82) is 0 Å². The molecule has 7 rings (SSSR count). The number of fused-ring (bicyclic) bond motifs is 2. The second-order valence-corrected chi connectivity index (χ2v) is 10.4. The molecule has 6 heterocycles. The highest BCUT2D eigenvalue weighted by Gasteiger charge is 2.24.